The van der Waals surface area contributed by atoms with Crippen LogP contribution < -0.4 is 9.80 Å². The first-order chi connectivity index (χ1) is 12.4. The molecule has 1 aliphatic carbocycles. The monoisotopic (exact) mass is 351 g/mol. The molecule has 1 fully saturated rings. The van der Waals surface area contributed by atoms with Gasteiger partial charge in [-0.15, -0.1) is 11.3 Å². The number of pyridine rings is 1. The number of piperazine rings is 1. The molecule has 0 unspecified atom stereocenters. The maximum atomic E-state index is 4.70. The molecule has 1 saturated heterocycles. The average Bonchev–Trinajstić information content (AvgIpc) is 3.08. The molecule has 6 heteroatoms. The average molecular weight is 351 g/mol. The van der Waals surface area contributed by atoms with Crippen molar-refractivity contribution in [2.45, 2.75) is 25.7 Å². The van der Waals surface area contributed by atoms with Crippen molar-refractivity contribution in [3.8, 4) is 0 Å². The van der Waals surface area contributed by atoms with Gasteiger partial charge in [0.2, 0.25) is 0 Å². The molecular formula is C19H21N5S. The molecule has 128 valence electrons. The van der Waals surface area contributed by atoms with Crippen LogP contribution in [0, 0.1) is 0 Å². The van der Waals surface area contributed by atoms with E-state index in [0.29, 0.717) is 0 Å². The van der Waals surface area contributed by atoms with Crippen molar-refractivity contribution in [2.75, 3.05) is 36.0 Å². The van der Waals surface area contributed by atoms with Gasteiger partial charge < -0.3 is 9.80 Å². The minimum Gasteiger partial charge on any atom is -0.353 e. The van der Waals surface area contributed by atoms with E-state index < -0.39 is 0 Å². The zero-order valence-electron chi connectivity index (χ0n) is 14.2. The van der Waals surface area contributed by atoms with E-state index in [2.05, 4.69) is 31.9 Å². The van der Waals surface area contributed by atoms with Gasteiger partial charge >= 0.3 is 0 Å². The van der Waals surface area contributed by atoms with E-state index in [0.717, 1.165) is 37.8 Å². The fourth-order valence-electron chi connectivity index (χ4n) is 4.00. The molecule has 25 heavy (non-hydrogen) atoms. The van der Waals surface area contributed by atoms with Crippen molar-refractivity contribution in [3.05, 3.63) is 41.2 Å². The van der Waals surface area contributed by atoms with Crippen LogP contribution in [0.15, 0.2) is 30.7 Å². The predicted molar refractivity (Wildman–Crippen MR) is 103 cm³/mol. The summed E-state index contributed by atoms with van der Waals surface area (Å²) in [4.78, 5) is 21.2. The Morgan fingerprint density at radius 3 is 2.56 bits per heavy atom. The summed E-state index contributed by atoms with van der Waals surface area (Å²) in [7, 11) is 0. The summed E-state index contributed by atoms with van der Waals surface area (Å²) in [6.45, 7) is 3.92. The summed E-state index contributed by atoms with van der Waals surface area (Å²) in [5.74, 6) is 2.22. The predicted octanol–water partition coefficient (Wildman–Crippen LogP) is 3.29. The van der Waals surface area contributed by atoms with Crippen LogP contribution in [0.5, 0.6) is 0 Å². The van der Waals surface area contributed by atoms with E-state index in [1.165, 1.54) is 46.3 Å². The molecule has 4 heterocycles. The van der Waals surface area contributed by atoms with Gasteiger partial charge in [-0.1, -0.05) is 6.07 Å². The highest BCUT2D eigenvalue weighted by Crippen LogP contribution is 2.39. The third-order valence-corrected chi connectivity index (χ3v) is 6.48. The van der Waals surface area contributed by atoms with E-state index in [-0.39, 0.29) is 0 Å². The number of hydrogen-bond donors (Lipinski definition) is 0. The third-order valence-electron chi connectivity index (χ3n) is 5.28. The highest BCUT2D eigenvalue weighted by Gasteiger charge is 2.25. The number of anilines is 2. The van der Waals surface area contributed by atoms with E-state index in [4.69, 9.17) is 4.98 Å². The summed E-state index contributed by atoms with van der Waals surface area (Å²) < 4.78 is 0. The molecule has 0 N–H and O–H groups in total. The fourth-order valence-corrected chi connectivity index (χ4v) is 5.22. The lowest BCUT2D eigenvalue weighted by Gasteiger charge is -2.36. The normalized spacial score (nSPS) is 17.8. The van der Waals surface area contributed by atoms with Gasteiger partial charge in [-0.3, -0.25) is 0 Å². The Bertz CT molecular complexity index is 883. The van der Waals surface area contributed by atoms with Crippen molar-refractivity contribution in [1.82, 2.24) is 15.0 Å². The van der Waals surface area contributed by atoms with Crippen molar-refractivity contribution in [1.29, 1.82) is 0 Å². The lowest BCUT2D eigenvalue weighted by molar-refractivity contribution is 0.642. The molecule has 2 aliphatic rings. The first-order valence-electron chi connectivity index (χ1n) is 9.06. The molecule has 5 rings (SSSR count). The van der Waals surface area contributed by atoms with Gasteiger partial charge in [0.15, 0.2) is 0 Å². The van der Waals surface area contributed by atoms with Crippen LogP contribution in [-0.4, -0.2) is 41.1 Å². The molecule has 3 aromatic rings. The van der Waals surface area contributed by atoms with Crippen LogP contribution in [0.4, 0.5) is 11.6 Å². The van der Waals surface area contributed by atoms with Crippen LogP contribution in [0.3, 0.4) is 0 Å². The number of aromatic nitrogens is 3. The number of rotatable bonds is 2. The van der Waals surface area contributed by atoms with Gasteiger partial charge in [-0.25, -0.2) is 15.0 Å². The molecule has 3 aromatic heterocycles. The quantitative estimate of drug-likeness (QED) is 0.709. The number of aryl methyl sites for hydroxylation is 2. The second-order valence-corrected chi connectivity index (χ2v) is 7.83. The van der Waals surface area contributed by atoms with Crippen LogP contribution >= 0.6 is 11.3 Å². The first-order valence-corrected chi connectivity index (χ1v) is 9.88. The van der Waals surface area contributed by atoms with E-state index in [1.807, 2.05) is 23.6 Å². The minimum atomic E-state index is 0.979. The summed E-state index contributed by atoms with van der Waals surface area (Å²) in [5.41, 5.74) is 1.52. The summed E-state index contributed by atoms with van der Waals surface area (Å²) in [5, 5.41) is 1.33. The van der Waals surface area contributed by atoms with E-state index >= 15 is 0 Å². The number of nitrogens with zero attached hydrogens (tertiary/aromatic N) is 5. The van der Waals surface area contributed by atoms with Gasteiger partial charge in [-0.05, 0) is 43.4 Å². The Morgan fingerprint density at radius 1 is 0.880 bits per heavy atom. The summed E-state index contributed by atoms with van der Waals surface area (Å²) >= 11 is 1.88. The summed E-state index contributed by atoms with van der Waals surface area (Å²) in [6.07, 6.45) is 8.61. The van der Waals surface area contributed by atoms with Crippen LogP contribution in [-0.2, 0) is 12.8 Å². The number of hydrogen-bond acceptors (Lipinski definition) is 6. The summed E-state index contributed by atoms with van der Waals surface area (Å²) in [6, 6.07) is 6.12. The van der Waals surface area contributed by atoms with Crippen molar-refractivity contribution >= 4 is 33.2 Å². The topological polar surface area (TPSA) is 45.2 Å². The number of fused-ring (bicyclic) bond motifs is 3. The molecule has 1 aliphatic heterocycles. The van der Waals surface area contributed by atoms with Crippen LogP contribution in [0.25, 0.3) is 10.2 Å². The molecule has 0 radical (unpaired) electrons. The molecule has 0 bridgehead atoms. The van der Waals surface area contributed by atoms with Crippen LogP contribution in [0.2, 0.25) is 0 Å². The first kappa shape index (κ1) is 15.1. The maximum absolute atomic E-state index is 4.70. The molecular weight excluding hydrogens is 330 g/mol. The molecule has 0 aromatic carbocycles. The Balaban J connectivity index is 1.44. The second-order valence-electron chi connectivity index (χ2n) is 6.75. The zero-order valence-corrected chi connectivity index (χ0v) is 15.0. The van der Waals surface area contributed by atoms with E-state index in [1.54, 1.807) is 6.33 Å². The Morgan fingerprint density at radius 2 is 1.72 bits per heavy atom. The largest absolute Gasteiger partial charge is 0.353 e. The Hall–Kier alpha value is -2.21. The standard InChI is InChI=1S/C19H21N5S/c1-2-6-15-14(5-1)17-18(21-13-22-19(17)25-15)24-11-9-23(10-12-24)16-7-3-4-8-20-16/h3-4,7-8,13H,1-2,5-6,9-12H2. The number of thiophene rings is 1. The molecule has 5 nitrogen and oxygen atoms in total. The van der Waals surface area contributed by atoms with Crippen LogP contribution in [0.1, 0.15) is 23.3 Å². The zero-order chi connectivity index (χ0) is 16.6. The van der Waals surface area contributed by atoms with Gasteiger partial charge in [0.1, 0.15) is 22.8 Å². The fraction of sp³-hybridized carbons (Fsp3) is 0.421. The Labute approximate surface area is 151 Å². The molecule has 0 atom stereocenters. The van der Waals surface area contributed by atoms with Gasteiger partial charge in [-0.2, -0.15) is 0 Å². The van der Waals surface area contributed by atoms with Gasteiger partial charge in [0.25, 0.3) is 0 Å². The maximum Gasteiger partial charge on any atom is 0.141 e. The third kappa shape index (κ3) is 2.65. The van der Waals surface area contributed by atoms with Gasteiger partial charge in [0.05, 0.1) is 5.39 Å². The van der Waals surface area contributed by atoms with E-state index in [9.17, 15) is 0 Å². The molecule has 0 amide bonds. The minimum absolute atomic E-state index is 0.979. The lowest BCUT2D eigenvalue weighted by atomic mass is 9.97. The lowest BCUT2D eigenvalue weighted by Crippen LogP contribution is -2.47. The Kier molecular flexibility index (Phi) is 3.77. The van der Waals surface area contributed by atoms with Gasteiger partial charge in [0, 0.05) is 37.3 Å². The SMILES string of the molecule is c1ccc(N2CCN(c3ncnc4sc5c(c34)CCCC5)CC2)nc1. The highest BCUT2D eigenvalue weighted by atomic mass is 32.1. The van der Waals surface area contributed by atoms with Crippen molar-refractivity contribution < 1.29 is 0 Å². The molecule has 0 saturated carbocycles. The second kappa shape index (κ2) is 6.26. The van der Waals surface area contributed by atoms with Crippen molar-refractivity contribution in [3.63, 3.8) is 0 Å². The van der Waals surface area contributed by atoms with Crippen molar-refractivity contribution in [2.24, 2.45) is 0 Å². The highest BCUT2D eigenvalue weighted by molar-refractivity contribution is 7.19. The smallest absolute Gasteiger partial charge is 0.141 e. The molecule has 0 spiro atoms.